The minimum Gasteiger partial charge on any atom is -0.312 e. The molecular formula is C15H33N3. The van der Waals surface area contributed by atoms with Crippen molar-refractivity contribution in [2.75, 3.05) is 33.7 Å². The van der Waals surface area contributed by atoms with Crippen LogP contribution in [0, 0.1) is 5.92 Å². The largest absolute Gasteiger partial charge is 0.312 e. The zero-order valence-corrected chi connectivity index (χ0v) is 13.5. The highest BCUT2D eigenvalue weighted by Gasteiger charge is 2.29. The first-order valence-corrected chi connectivity index (χ1v) is 7.36. The van der Waals surface area contributed by atoms with Crippen LogP contribution in [0.5, 0.6) is 0 Å². The van der Waals surface area contributed by atoms with Crippen molar-refractivity contribution < 1.29 is 0 Å². The molecule has 1 rings (SSSR count). The monoisotopic (exact) mass is 255 g/mol. The summed E-state index contributed by atoms with van der Waals surface area (Å²) in [5, 5.41) is 3.62. The molecule has 0 aromatic heterocycles. The smallest absolute Gasteiger partial charge is 0.0229 e. The Labute approximate surface area is 114 Å². The van der Waals surface area contributed by atoms with Crippen molar-refractivity contribution in [2.45, 2.75) is 58.7 Å². The summed E-state index contributed by atoms with van der Waals surface area (Å²) in [7, 11) is 4.40. The molecule has 0 aromatic rings. The van der Waals surface area contributed by atoms with Gasteiger partial charge in [-0.25, -0.2) is 0 Å². The van der Waals surface area contributed by atoms with E-state index < -0.39 is 0 Å². The molecule has 1 fully saturated rings. The molecule has 108 valence electrons. The van der Waals surface area contributed by atoms with E-state index in [1.165, 1.54) is 19.5 Å². The van der Waals surface area contributed by atoms with E-state index in [0.717, 1.165) is 12.6 Å². The van der Waals surface area contributed by atoms with E-state index in [1.54, 1.807) is 0 Å². The lowest BCUT2D eigenvalue weighted by atomic mass is 10.00. The number of hydrogen-bond donors (Lipinski definition) is 1. The zero-order chi connectivity index (χ0) is 13.9. The standard InChI is InChI=1S/C15H33N3/c1-12(10-16-15(3,4)5)13(2)18-9-8-14(11-18)17(6)7/h12-14,16H,8-11H2,1-7H3. The van der Waals surface area contributed by atoms with Crippen LogP contribution in [0.15, 0.2) is 0 Å². The van der Waals surface area contributed by atoms with E-state index in [2.05, 4.69) is 63.8 Å². The lowest BCUT2D eigenvalue weighted by Crippen LogP contribution is -2.45. The third kappa shape index (κ3) is 4.87. The Morgan fingerprint density at radius 3 is 2.33 bits per heavy atom. The molecule has 18 heavy (non-hydrogen) atoms. The maximum Gasteiger partial charge on any atom is 0.0229 e. The van der Waals surface area contributed by atoms with Crippen LogP contribution < -0.4 is 5.32 Å². The molecule has 3 nitrogen and oxygen atoms in total. The van der Waals surface area contributed by atoms with Crippen molar-refractivity contribution in [1.82, 2.24) is 15.1 Å². The van der Waals surface area contributed by atoms with E-state index in [4.69, 9.17) is 0 Å². The molecule has 1 saturated heterocycles. The summed E-state index contributed by atoms with van der Waals surface area (Å²) in [4.78, 5) is 5.02. The van der Waals surface area contributed by atoms with E-state index in [-0.39, 0.29) is 5.54 Å². The van der Waals surface area contributed by atoms with Crippen LogP contribution in [0.4, 0.5) is 0 Å². The molecule has 0 bridgehead atoms. The normalized spacial score (nSPS) is 25.7. The number of rotatable bonds is 5. The average Bonchev–Trinajstić information content (AvgIpc) is 2.73. The summed E-state index contributed by atoms with van der Waals surface area (Å²) in [5.41, 5.74) is 0.227. The summed E-state index contributed by atoms with van der Waals surface area (Å²) >= 11 is 0. The average molecular weight is 255 g/mol. The Morgan fingerprint density at radius 1 is 1.28 bits per heavy atom. The fraction of sp³-hybridized carbons (Fsp3) is 1.00. The number of likely N-dealkylation sites (tertiary alicyclic amines) is 1. The highest BCUT2D eigenvalue weighted by molar-refractivity contribution is 4.86. The van der Waals surface area contributed by atoms with Gasteiger partial charge in [0.15, 0.2) is 0 Å². The van der Waals surface area contributed by atoms with Crippen LogP contribution in [0.3, 0.4) is 0 Å². The van der Waals surface area contributed by atoms with Crippen molar-refractivity contribution >= 4 is 0 Å². The maximum absolute atomic E-state index is 3.62. The van der Waals surface area contributed by atoms with Crippen LogP contribution in [0.2, 0.25) is 0 Å². The number of nitrogens with zero attached hydrogens (tertiary/aromatic N) is 2. The molecule has 0 radical (unpaired) electrons. The van der Waals surface area contributed by atoms with Crippen molar-refractivity contribution in [2.24, 2.45) is 5.92 Å². The van der Waals surface area contributed by atoms with Crippen LogP contribution in [-0.4, -0.2) is 61.2 Å². The summed E-state index contributed by atoms with van der Waals surface area (Å²) in [5.74, 6) is 0.699. The van der Waals surface area contributed by atoms with Gasteiger partial charge in [-0.05, 0) is 60.7 Å². The van der Waals surface area contributed by atoms with Gasteiger partial charge in [-0.1, -0.05) is 6.92 Å². The van der Waals surface area contributed by atoms with Crippen molar-refractivity contribution in [3.63, 3.8) is 0 Å². The fourth-order valence-corrected chi connectivity index (χ4v) is 2.56. The van der Waals surface area contributed by atoms with Crippen molar-refractivity contribution in [1.29, 1.82) is 0 Å². The summed E-state index contributed by atoms with van der Waals surface area (Å²) in [6.07, 6.45) is 1.32. The third-order valence-electron chi connectivity index (χ3n) is 4.28. The predicted molar refractivity (Wildman–Crippen MR) is 80.0 cm³/mol. The second-order valence-electron chi connectivity index (χ2n) is 7.25. The number of nitrogens with one attached hydrogen (secondary N) is 1. The molecule has 0 saturated carbocycles. The third-order valence-corrected chi connectivity index (χ3v) is 4.28. The first-order chi connectivity index (χ1) is 8.20. The van der Waals surface area contributed by atoms with Crippen LogP contribution in [0.25, 0.3) is 0 Å². The van der Waals surface area contributed by atoms with Crippen molar-refractivity contribution in [3.8, 4) is 0 Å². The Hall–Kier alpha value is -0.120. The molecule has 0 aromatic carbocycles. The van der Waals surface area contributed by atoms with Gasteiger partial charge in [0, 0.05) is 30.7 Å². The lowest BCUT2D eigenvalue weighted by molar-refractivity contribution is 0.174. The number of hydrogen-bond acceptors (Lipinski definition) is 3. The van der Waals surface area contributed by atoms with Crippen LogP contribution in [-0.2, 0) is 0 Å². The maximum atomic E-state index is 3.62. The lowest BCUT2D eigenvalue weighted by Gasteiger charge is -2.32. The predicted octanol–water partition coefficient (Wildman–Crippen LogP) is 2.04. The molecule has 1 heterocycles. The first kappa shape index (κ1) is 15.9. The van der Waals surface area contributed by atoms with Gasteiger partial charge in [0.05, 0.1) is 0 Å². The molecule has 3 heteroatoms. The molecular weight excluding hydrogens is 222 g/mol. The Kier molecular flexibility index (Phi) is 5.63. The van der Waals surface area contributed by atoms with Gasteiger partial charge in [-0.15, -0.1) is 0 Å². The summed E-state index contributed by atoms with van der Waals surface area (Å²) in [6.45, 7) is 15.1. The SMILES string of the molecule is CC(CNC(C)(C)C)C(C)N1CCC(N(C)C)C1. The Morgan fingerprint density at radius 2 is 1.89 bits per heavy atom. The summed E-state index contributed by atoms with van der Waals surface area (Å²) in [6, 6.07) is 1.42. The molecule has 1 N–H and O–H groups in total. The molecule has 3 atom stereocenters. The number of likely N-dealkylation sites (N-methyl/N-ethyl adjacent to an activating group) is 1. The van der Waals surface area contributed by atoms with Gasteiger partial charge < -0.3 is 10.2 Å². The zero-order valence-electron chi connectivity index (χ0n) is 13.5. The topological polar surface area (TPSA) is 18.5 Å². The highest BCUT2D eigenvalue weighted by Crippen LogP contribution is 2.20. The first-order valence-electron chi connectivity index (χ1n) is 7.36. The molecule has 0 spiro atoms. The van der Waals surface area contributed by atoms with Gasteiger partial charge in [-0.3, -0.25) is 4.90 Å². The van der Waals surface area contributed by atoms with Crippen molar-refractivity contribution in [3.05, 3.63) is 0 Å². The molecule has 3 unspecified atom stereocenters. The second-order valence-corrected chi connectivity index (χ2v) is 7.25. The Bertz CT molecular complexity index is 245. The van der Waals surface area contributed by atoms with E-state index in [1.807, 2.05) is 0 Å². The van der Waals surface area contributed by atoms with Gasteiger partial charge in [0.25, 0.3) is 0 Å². The van der Waals surface area contributed by atoms with Crippen LogP contribution >= 0.6 is 0 Å². The van der Waals surface area contributed by atoms with Crippen LogP contribution in [0.1, 0.15) is 41.0 Å². The highest BCUT2D eigenvalue weighted by atomic mass is 15.2. The molecule has 1 aliphatic heterocycles. The van der Waals surface area contributed by atoms with Gasteiger partial charge in [-0.2, -0.15) is 0 Å². The van der Waals surface area contributed by atoms with E-state index >= 15 is 0 Å². The van der Waals surface area contributed by atoms with E-state index in [0.29, 0.717) is 12.0 Å². The summed E-state index contributed by atoms with van der Waals surface area (Å²) < 4.78 is 0. The fourth-order valence-electron chi connectivity index (χ4n) is 2.56. The molecule has 0 amide bonds. The Balaban J connectivity index is 2.38. The quantitative estimate of drug-likeness (QED) is 0.811. The van der Waals surface area contributed by atoms with E-state index in [9.17, 15) is 0 Å². The second kappa shape index (κ2) is 6.36. The van der Waals surface area contributed by atoms with Gasteiger partial charge in [0.1, 0.15) is 0 Å². The van der Waals surface area contributed by atoms with Gasteiger partial charge >= 0.3 is 0 Å². The minimum atomic E-state index is 0.227. The molecule has 1 aliphatic rings. The minimum absolute atomic E-state index is 0.227. The van der Waals surface area contributed by atoms with Gasteiger partial charge in [0.2, 0.25) is 0 Å². The molecule has 0 aliphatic carbocycles.